The number of halogens is 3. The minimum absolute atomic E-state index is 0.332. The van der Waals surface area contributed by atoms with Gasteiger partial charge < -0.3 is 4.74 Å². The van der Waals surface area contributed by atoms with E-state index in [0.717, 1.165) is 12.1 Å². The van der Waals surface area contributed by atoms with Gasteiger partial charge in [0.15, 0.2) is 0 Å². The van der Waals surface area contributed by atoms with Crippen molar-refractivity contribution in [2.24, 2.45) is 0 Å². The van der Waals surface area contributed by atoms with Crippen molar-refractivity contribution in [1.82, 2.24) is 0 Å². The summed E-state index contributed by atoms with van der Waals surface area (Å²) < 4.78 is 30.5. The van der Waals surface area contributed by atoms with Gasteiger partial charge in [0, 0.05) is 5.56 Å². The van der Waals surface area contributed by atoms with Crippen LogP contribution < -0.4 is 0 Å². The molecule has 1 nitrogen and oxygen atoms in total. The van der Waals surface area contributed by atoms with Gasteiger partial charge in [-0.15, -0.1) is 0 Å². The van der Waals surface area contributed by atoms with Crippen molar-refractivity contribution in [2.75, 3.05) is 13.2 Å². The van der Waals surface area contributed by atoms with Gasteiger partial charge in [-0.3, -0.25) is 0 Å². The number of ether oxygens (including phenoxy) is 1. The number of rotatable bonds is 1. The van der Waals surface area contributed by atoms with E-state index in [1.807, 2.05) is 0 Å². The zero-order chi connectivity index (χ0) is 9.47. The monoisotopic (exact) mass is 248 g/mol. The quantitative estimate of drug-likeness (QED) is 0.695. The zero-order valence-electron chi connectivity index (χ0n) is 6.69. The molecule has 4 heteroatoms. The second-order valence-corrected chi connectivity index (χ2v) is 4.60. The van der Waals surface area contributed by atoms with E-state index in [1.54, 1.807) is 0 Å². The Kier molecular flexibility index (Phi) is 2.12. The highest BCUT2D eigenvalue weighted by Crippen LogP contribution is 2.39. The fraction of sp³-hybridized carbons (Fsp3) is 0.333. The first-order valence-electron chi connectivity index (χ1n) is 3.84. The van der Waals surface area contributed by atoms with Gasteiger partial charge in [-0.1, -0.05) is 15.9 Å². The predicted octanol–water partition coefficient (Wildman–Crippen LogP) is 2.59. The zero-order valence-corrected chi connectivity index (χ0v) is 8.27. The van der Waals surface area contributed by atoms with Crippen molar-refractivity contribution in [3.8, 4) is 0 Å². The molecular weight excluding hydrogens is 242 g/mol. The van der Waals surface area contributed by atoms with Gasteiger partial charge in [-0.25, -0.2) is 8.78 Å². The van der Waals surface area contributed by atoms with Crippen molar-refractivity contribution in [2.45, 2.75) is 4.32 Å². The van der Waals surface area contributed by atoms with Crippen molar-refractivity contribution < 1.29 is 13.5 Å². The Morgan fingerprint density at radius 1 is 1.31 bits per heavy atom. The summed E-state index contributed by atoms with van der Waals surface area (Å²) in [7, 11) is 0. The van der Waals surface area contributed by atoms with Crippen molar-refractivity contribution >= 4 is 15.9 Å². The Balaban J connectivity index is 2.43. The van der Waals surface area contributed by atoms with Crippen LogP contribution >= 0.6 is 15.9 Å². The molecule has 0 aromatic heterocycles. The van der Waals surface area contributed by atoms with Gasteiger partial charge >= 0.3 is 0 Å². The van der Waals surface area contributed by atoms with Crippen molar-refractivity contribution in [1.29, 1.82) is 0 Å². The molecule has 0 aliphatic carbocycles. The van der Waals surface area contributed by atoms with Gasteiger partial charge in [0.1, 0.15) is 11.6 Å². The van der Waals surface area contributed by atoms with E-state index in [4.69, 9.17) is 4.74 Å². The van der Waals surface area contributed by atoms with E-state index in [-0.39, 0.29) is 0 Å². The highest BCUT2D eigenvalue weighted by Gasteiger charge is 2.39. The first-order chi connectivity index (χ1) is 6.12. The largest absolute Gasteiger partial charge is 0.378 e. The lowest BCUT2D eigenvalue weighted by Gasteiger charge is -2.36. The molecule has 1 saturated heterocycles. The SMILES string of the molecule is Fc1ccc(F)c(C2(Br)COC2)c1. The maximum atomic E-state index is 13.2. The number of hydrogen-bond acceptors (Lipinski definition) is 1. The van der Waals surface area contributed by atoms with E-state index in [2.05, 4.69) is 15.9 Å². The third-order valence-corrected chi connectivity index (χ3v) is 2.96. The molecule has 2 rings (SSSR count). The summed E-state index contributed by atoms with van der Waals surface area (Å²) in [4.78, 5) is 0. The molecule has 70 valence electrons. The van der Waals surface area contributed by atoms with E-state index < -0.39 is 16.0 Å². The molecule has 1 aromatic rings. The van der Waals surface area contributed by atoms with Gasteiger partial charge in [-0.2, -0.15) is 0 Å². The molecule has 0 amide bonds. The summed E-state index contributed by atoms with van der Waals surface area (Å²) in [5.74, 6) is -0.830. The molecule has 0 N–H and O–H groups in total. The summed E-state index contributed by atoms with van der Waals surface area (Å²) in [5, 5.41) is 0. The van der Waals surface area contributed by atoms with Gasteiger partial charge in [-0.05, 0) is 18.2 Å². The van der Waals surface area contributed by atoms with E-state index >= 15 is 0 Å². The van der Waals surface area contributed by atoms with Crippen molar-refractivity contribution in [3.63, 3.8) is 0 Å². The van der Waals surface area contributed by atoms with Crippen LogP contribution in [0, 0.1) is 11.6 Å². The third kappa shape index (κ3) is 1.48. The number of benzene rings is 1. The van der Waals surface area contributed by atoms with Crippen LogP contribution in [0.1, 0.15) is 5.56 Å². The molecule has 0 unspecified atom stereocenters. The first-order valence-corrected chi connectivity index (χ1v) is 4.63. The first kappa shape index (κ1) is 9.09. The van der Waals surface area contributed by atoms with E-state index in [0.29, 0.717) is 18.8 Å². The van der Waals surface area contributed by atoms with Crippen LogP contribution in [0.2, 0.25) is 0 Å². The van der Waals surface area contributed by atoms with Gasteiger partial charge in [0.05, 0.1) is 17.5 Å². The average Bonchev–Trinajstić information content (AvgIpc) is 2.05. The van der Waals surface area contributed by atoms with Crippen LogP contribution in [0.3, 0.4) is 0 Å². The molecule has 0 atom stereocenters. The molecule has 1 aliphatic heterocycles. The van der Waals surface area contributed by atoms with Crippen LogP contribution in [0.5, 0.6) is 0 Å². The molecule has 0 radical (unpaired) electrons. The predicted molar refractivity (Wildman–Crippen MR) is 47.8 cm³/mol. The Morgan fingerprint density at radius 3 is 2.54 bits per heavy atom. The summed E-state index contributed by atoms with van der Waals surface area (Å²) in [6.07, 6.45) is 0. The van der Waals surface area contributed by atoms with Crippen LogP contribution in [-0.2, 0) is 9.06 Å². The lowest BCUT2D eigenvalue weighted by Crippen LogP contribution is -2.41. The highest BCUT2D eigenvalue weighted by atomic mass is 79.9. The van der Waals surface area contributed by atoms with Crippen LogP contribution in [0.4, 0.5) is 8.78 Å². The van der Waals surface area contributed by atoms with Crippen LogP contribution in [0.25, 0.3) is 0 Å². The summed E-state index contributed by atoms with van der Waals surface area (Å²) in [6.45, 7) is 0.765. The molecule has 1 heterocycles. The van der Waals surface area contributed by atoms with Gasteiger partial charge in [0.25, 0.3) is 0 Å². The van der Waals surface area contributed by atoms with Crippen LogP contribution in [0.15, 0.2) is 18.2 Å². The maximum absolute atomic E-state index is 13.2. The van der Waals surface area contributed by atoms with E-state index in [1.165, 1.54) is 6.07 Å². The number of alkyl halides is 1. The molecule has 0 saturated carbocycles. The average molecular weight is 249 g/mol. The fourth-order valence-corrected chi connectivity index (χ4v) is 1.91. The summed E-state index contributed by atoms with van der Waals surface area (Å²) >= 11 is 3.33. The second kappa shape index (κ2) is 3.03. The van der Waals surface area contributed by atoms with Gasteiger partial charge in [0.2, 0.25) is 0 Å². The lowest BCUT2D eigenvalue weighted by molar-refractivity contribution is -0.00855. The minimum Gasteiger partial charge on any atom is -0.378 e. The van der Waals surface area contributed by atoms with Crippen LogP contribution in [-0.4, -0.2) is 13.2 Å². The molecule has 13 heavy (non-hydrogen) atoms. The summed E-state index contributed by atoms with van der Waals surface area (Å²) in [5.41, 5.74) is 0.332. The Labute approximate surface area is 82.8 Å². The Hall–Kier alpha value is -0.480. The standard InChI is InChI=1S/C9H7BrF2O/c10-9(4-13-5-9)7-3-6(11)1-2-8(7)12/h1-3H,4-5H2. The summed E-state index contributed by atoms with van der Waals surface area (Å²) in [6, 6.07) is 3.44. The molecule has 1 aliphatic rings. The normalized spacial score (nSPS) is 19.6. The smallest absolute Gasteiger partial charge is 0.128 e. The fourth-order valence-electron chi connectivity index (χ4n) is 1.28. The Bertz CT molecular complexity index is 336. The topological polar surface area (TPSA) is 9.23 Å². The number of hydrogen-bond donors (Lipinski definition) is 0. The minimum atomic E-state index is -0.529. The lowest BCUT2D eigenvalue weighted by atomic mass is 9.97. The molecule has 1 aromatic carbocycles. The molecule has 0 spiro atoms. The molecule has 0 bridgehead atoms. The molecular formula is C9H7BrF2O. The highest BCUT2D eigenvalue weighted by molar-refractivity contribution is 9.09. The van der Waals surface area contributed by atoms with Crippen molar-refractivity contribution in [3.05, 3.63) is 35.4 Å². The maximum Gasteiger partial charge on any atom is 0.128 e. The van der Waals surface area contributed by atoms with E-state index in [9.17, 15) is 8.78 Å². The second-order valence-electron chi connectivity index (χ2n) is 3.08. The third-order valence-electron chi connectivity index (χ3n) is 2.07. The Morgan fingerprint density at radius 2 is 2.00 bits per heavy atom. The molecule has 1 fully saturated rings.